The van der Waals surface area contributed by atoms with Crippen LogP contribution in [0.3, 0.4) is 0 Å². The Morgan fingerprint density at radius 1 is 0.543 bits per heavy atom. The molecule has 0 fully saturated rings. The second-order valence-corrected chi connectivity index (χ2v) is 10.2. The molecule has 2 aliphatic rings. The van der Waals surface area contributed by atoms with E-state index < -0.39 is 0 Å². The normalized spacial score (nSPS) is 16.9. The molecule has 0 N–H and O–H groups in total. The average Bonchev–Trinajstić information content (AvgIpc) is 3.68. The van der Waals surface area contributed by atoms with Crippen molar-refractivity contribution in [3.63, 3.8) is 0 Å². The van der Waals surface area contributed by atoms with E-state index in [1.54, 1.807) is 0 Å². The van der Waals surface area contributed by atoms with Crippen LogP contribution in [0.2, 0.25) is 0 Å². The smallest absolute Gasteiger partial charge is 0.0785 e. The van der Waals surface area contributed by atoms with Crippen LogP contribution in [0, 0.1) is 0 Å². The van der Waals surface area contributed by atoms with Gasteiger partial charge in [-0.1, -0.05) is 72.8 Å². The van der Waals surface area contributed by atoms with Crippen LogP contribution in [0.1, 0.15) is 11.6 Å². The van der Waals surface area contributed by atoms with E-state index >= 15 is 0 Å². The highest BCUT2D eigenvalue weighted by atomic mass is 15.0. The second kappa shape index (κ2) is 5.39. The fourth-order valence-corrected chi connectivity index (χ4v) is 7.23. The number of aromatic nitrogens is 2. The van der Waals surface area contributed by atoms with Crippen LogP contribution < -0.4 is 0 Å². The van der Waals surface area contributed by atoms with Gasteiger partial charge in [-0.05, 0) is 46.7 Å². The second-order valence-electron chi connectivity index (χ2n) is 10.2. The Kier molecular flexibility index (Phi) is 2.61. The Morgan fingerprint density at radius 2 is 1.23 bits per heavy atom. The van der Waals surface area contributed by atoms with Gasteiger partial charge in [-0.15, -0.1) is 0 Å². The number of para-hydroxylation sites is 3. The highest BCUT2D eigenvalue weighted by Gasteiger charge is 2.31. The van der Waals surface area contributed by atoms with Crippen LogP contribution in [0.5, 0.6) is 0 Å². The molecule has 35 heavy (non-hydrogen) atoms. The van der Waals surface area contributed by atoms with Gasteiger partial charge in [0.1, 0.15) is 0 Å². The number of fused-ring (bicyclic) bond motifs is 13. The lowest BCUT2D eigenvalue weighted by Gasteiger charge is -2.11. The van der Waals surface area contributed by atoms with Gasteiger partial charge in [-0.2, -0.15) is 0 Å². The summed E-state index contributed by atoms with van der Waals surface area (Å²) in [6, 6.07) is 32.3. The molecule has 0 bridgehead atoms. The molecule has 1 aliphatic heterocycles. The Morgan fingerprint density at radius 3 is 2.11 bits per heavy atom. The van der Waals surface area contributed by atoms with Gasteiger partial charge in [-0.25, -0.2) is 0 Å². The fraction of sp³-hybridized carbons (Fsp3) is 0.0303. The number of benzene rings is 5. The van der Waals surface area contributed by atoms with Crippen molar-refractivity contribution in [3.05, 3.63) is 109 Å². The first-order valence-electron chi connectivity index (χ1n) is 12.3. The Labute approximate surface area is 199 Å². The van der Waals surface area contributed by atoms with Crippen molar-refractivity contribution in [1.29, 1.82) is 0 Å². The van der Waals surface area contributed by atoms with Crippen molar-refractivity contribution in [1.82, 2.24) is 8.97 Å². The standard InChI is InChI=1S/C33H18N2/c1-2-12-28-20(6-1)22-8-3-10-24-26-14-19-17-31-27(15-18(19)16-30(26)34(28)32(22)24)25-11-4-9-23-21-7-5-13-29(21)35(31)33(23)25/h1-17,29H. The number of allylic oxidation sites excluding steroid dienone is 4. The number of nitrogens with zero attached hydrogens (tertiary/aromatic N) is 2. The van der Waals surface area contributed by atoms with Gasteiger partial charge in [0.15, 0.2) is 0 Å². The average molecular weight is 443 g/mol. The fourth-order valence-electron chi connectivity index (χ4n) is 7.23. The molecule has 5 aromatic carbocycles. The summed E-state index contributed by atoms with van der Waals surface area (Å²) in [5, 5.41) is 10.7. The molecule has 0 radical (unpaired) electrons. The quantitative estimate of drug-likeness (QED) is 0.222. The Balaban J connectivity index is 1.42. The van der Waals surface area contributed by atoms with Crippen molar-refractivity contribution in [2.75, 3.05) is 0 Å². The molecule has 8 aromatic rings. The highest BCUT2D eigenvalue weighted by molar-refractivity contribution is 6.25. The molecule has 1 unspecified atom stereocenters. The molecule has 4 heterocycles. The molecule has 0 spiro atoms. The number of hydrogen-bond acceptors (Lipinski definition) is 0. The van der Waals surface area contributed by atoms with E-state index in [2.05, 4.69) is 112 Å². The first-order chi connectivity index (χ1) is 17.4. The summed E-state index contributed by atoms with van der Waals surface area (Å²) in [5.74, 6) is 0. The monoisotopic (exact) mass is 442 g/mol. The number of rotatable bonds is 0. The van der Waals surface area contributed by atoms with Gasteiger partial charge in [0, 0.05) is 37.9 Å². The zero-order chi connectivity index (χ0) is 22.4. The molecule has 0 saturated heterocycles. The van der Waals surface area contributed by atoms with E-state index in [4.69, 9.17) is 0 Å². The summed E-state index contributed by atoms with van der Waals surface area (Å²) < 4.78 is 5.03. The van der Waals surface area contributed by atoms with Crippen LogP contribution in [0.15, 0.2) is 103 Å². The minimum absolute atomic E-state index is 0.320. The summed E-state index contributed by atoms with van der Waals surface area (Å²) in [6.07, 6.45) is 6.83. The molecule has 1 atom stereocenters. The lowest BCUT2D eigenvalue weighted by Crippen LogP contribution is -1.98. The van der Waals surface area contributed by atoms with Gasteiger partial charge >= 0.3 is 0 Å². The van der Waals surface area contributed by atoms with Gasteiger partial charge < -0.3 is 8.97 Å². The molecular formula is C33H18N2. The molecule has 0 saturated carbocycles. The van der Waals surface area contributed by atoms with Crippen molar-refractivity contribution in [2.45, 2.75) is 6.04 Å². The van der Waals surface area contributed by atoms with Gasteiger partial charge in [0.25, 0.3) is 0 Å². The predicted molar refractivity (Wildman–Crippen MR) is 148 cm³/mol. The van der Waals surface area contributed by atoms with Gasteiger partial charge in [-0.3, -0.25) is 0 Å². The third-order valence-corrected chi connectivity index (χ3v) is 8.60. The zero-order valence-corrected chi connectivity index (χ0v) is 18.8. The Bertz CT molecular complexity index is 2320. The van der Waals surface area contributed by atoms with Crippen LogP contribution in [0.25, 0.3) is 76.2 Å². The van der Waals surface area contributed by atoms with Crippen LogP contribution in [0.4, 0.5) is 0 Å². The van der Waals surface area contributed by atoms with E-state index in [1.807, 2.05) is 0 Å². The number of hydrogen-bond donors (Lipinski definition) is 0. The van der Waals surface area contributed by atoms with E-state index in [0.29, 0.717) is 6.04 Å². The van der Waals surface area contributed by atoms with E-state index in [9.17, 15) is 0 Å². The lowest BCUT2D eigenvalue weighted by atomic mass is 9.99. The molecule has 1 aliphatic carbocycles. The van der Waals surface area contributed by atoms with Gasteiger partial charge in [0.2, 0.25) is 0 Å². The van der Waals surface area contributed by atoms with Crippen LogP contribution in [-0.4, -0.2) is 8.97 Å². The third-order valence-electron chi connectivity index (χ3n) is 8.60. The lowest BCUT2D eigenvalue weighted by molar-refractivity contribution is 0.834. The zero-order valence-electron chi connectivity index (χ0n) is 18.8. The largest absolute Gasteiger partial charge is 0.329 e. The Hall–Kier alpha value is -4.56. The van der Waals surface area contributed by atoms with Crippen LogP contribution >= 0.6 is 0 Å². The first kappa shape index (κ1) is 17.0. The molecule has 3 aromatic heterocycles. The van der Waals surface area contributed by atoms with Crippen molar-refractivity contribution in [3.8, 4) is 0 Å². The third kappa shape index (κ3) is 1.75. The highest BCUT2D eigenvalue weighted by Crippen LogP contribution is 2.49. The van der Waals surface area contributed by atoms with E-state index in [0.717, 1.165) is 0 Å². The summed E-state index contributed by atoms with van der Waals surface area (Å²) in [5.41, 5.74) is 9.46. The maximum absolute atomic E-state index is 2.56. The van der Waals surface area contributed by atoms with E-state index in [-0.39, 0.29) is 0 Å². The van der Waals surface area contributed by atoms with Crippen molar-refractivity contribution >= 4 is 76.2 Å². The molecule has 0 amide bonds. The molecular weight excluding hydrogens is 424 g/mol. The maximum Gasteiger partial charge on any atom is 0.0785 e. The summed E-state index contributed by atoms with van der Waals surface area (Å²) >= 11 is 0. The molecule has 2 heteroatoms. The van der Waals surface area contributed by atoms with E-state index in [1.165, 1.54) is 81.8 Å². The molecule has 10 rings (SSSR count). The van der Waals surface area contributed by atoms with Crippen molar-refractivity contribution < 1.29 is 0 Å². The predicted octanol–water partition coefficient (Wildman–Crippen LogP) is 8.61. The van der Waals surface area contributed by atoms with Gasteiger partial charge in [0.05, 0.1) is 33.6 Å². The summed E-state index contributed by atoms with van der Waals surface area (Å²) in [6.45, 7) is 0. The molecule has 2 nitrogen and oxygen atoms in total. The summed E-state index contributed by atoms with van der Waals surface area (Å²) in [4.78, 5) is 0. The maximum atomic E-state index is 2.56. The van der Waals surface area contributed by atoms with Crippen molar-refractivity contribution in [2.24, 2.45) is 0 Å². The topological polar surface area (TPSA) is 9.34 Å². The molecule has 160 valence electrons. The minimum atomic E-state index is 0.320. The first-order valence-corrected chi connectivity index (χ1v) is 12.3. The summed E-state index contributed by atoms with van der Waals surface area (Å²) in [7, 11) is 0. The SMILES string of the molecule is C1=CC2C(=C1)c1cccc3c4cc5cc6c(cc5cc4n2c13)c1cccc2c3ccccc3n6c21. The van der Waals surface area contributed by atoms with Crippen LogP contribution in [-0.2, 0) is 0 Å². The minimum Gasteiger partial charge on any atom is -0.329 e.